The van der Waals surface area contributed by atoms with Gasteiger partial charge in [-0.1, -0.05) is 0 Å². The fourth-order valence-electron chi connectivity index (χ4n) is 1.75. The SMILES string of the molecule is OCc1cc2c(cc1OCCCOCC(F)(F)F)OCO2. The van der Waals surface area contributed by atoms with Gasteiger partial charge in [0, 0.05) is 18.1 Å². The molecule has 1 N–H and O–H groups in total. The predicted molar refractivity (Wildman–Crippen MR) is 65.5 cm³/mol. The van der Waals surface area contributed by atoms with Crippen molar-refractivity contribution in [1.82, 2.24) is 0 Å². The van der Waals surface area contributed by atoms with Crippen molar-refractivity contribution < 1.29 is 37.2 Å². The monoisotopic (exact) mass is 308 g/mol. The quantitative estimate of drug-likeness (QED) is 0.783. The van der Waals surface area contributed by atoms with E-state index >= 15 is 0 Å². The lowest BCUT2D eigenvalue weighted by atomic mass is 10.2. The van der Waals surface area contributed by atoms with Gasteiger partial charge >= 0.3 is 6.18 Å². The Labute approximate surface area is 119 Å². The van der Waals surface area contributed by atoms with Crippen LogP contribution in [0.25, 0.3) is 0 Å². The maximum absolute atomic E-state index is 11.8. The third-order valence-corrected chi connectivity index (χ3v) is 2.68. The second-order valence-corrected chi connectivity index (χ2v) is 4.34. The van der Waals surface area contributed by atoms with E-state index in [0.717, 1.165) is 0 Å². The molecule has 8 heteroatoms. The Morgan fingerprint density at radius 2 is 1.86 bits per heavy atom. The first-order valence-electron chi connectivity index (χ1n) is 6.30. The molecule has 2 rings (SSSR count). The van der Waals surface area contributed by atoms with Crippen molar-refractivity contribution in [3.8, 4) is 17.2 Å². The van der Waals surface area contributed by atoms with Crippen LogP contribution in [0.2, 0.25) is 0 Å². The Bertz CT molecular complexity index is 476. The zero-order valence-electron chi connectivity index (χ0n) is 11.1. The van der Waals surface area contributed by atoms with Crippen molar-refractivity contribution in [3.63, 3.8) is 0 Å². The normalized spacial score (nSPS) is 13.5. The minimum atomic E-state index is -4.32. The predicted octanol–water partition coefficient (Wildman–Crippen LogP) is 2.26. The zero-order chi connectivity index (χ0) is 15.3. The maximum Gasteiger partial charge on any atom is 0.411 e. The second-order valence-electron chi connectivity index (χ2n) is 4.34. The van der Waals surface area contributed by atoms with Crippen molar-refractivity contribution in [1.29, 1.82) is 0 Å². The average molecular weight is 308 g/mol. The van der Waals surface area contributed by atoms with Crippen molar-refractivity contribution in [3.05, 3.63) is 17.7 Å². The molecule has 118 valence electrons. The van der Waals surface area contributed by atoms with E-state index < -0.39 is 12.8 Å². The Kier molecular flexibility index (Phi) is 5.13. The van der Waals surface area contributed by atoms with E-state index in [1.807, 2.05) is 0 Å². The van der Waals surface area contributed by atoms with Crippen LogP contribution in [0.1, 0.15) is 12.0 Å². The summed E-state index contributed by atoms with van der Waals surface area (Å²) in [6.07, 6.45) is -4.02. The summed E-state index contributed by atoms with van der Waals surface area (Å²) in [4.78, 5) is 0. The molecular formula is C13H15F3O5. The van der Waals surface area contributed by atoms with Gasteiger partial charge in [0.1, 0.15) is 12.4 Å². The molecule has 1 heterocycles. The Hall–Kier alpha value is -1.67. The van der Waals surface area contributed by atoms with Gasteiger partial charge in [-0.3, -0.25) is 0 Å². The highest BCUT2D eigenvalue weighted by Crippen LogP contribution is 2.38. The van der Waals surface area contributed by atoms with E-state index in [1.165, 1.54) is 0 Å². The van der Waals surface area contributed by atoms with Crippen LogP contribution < -0.4 is 14.2 Å². The van der Waals surface area contributed by atoms with Crippen molar-refractivity contribution >= 4 is 0 Å². The summed E-state index contributed by atoms with van der Waals surface area (Å²) < 4.78 is 55.8. The van der Waals surface area contributed by atoms with E-state index in [1.54, 1.807) is 12.1 Å². The van der Waals surface area contributed by atoms with Gasteiger partial charge in [-0.2, -0.15) is 13.2 Å². The Balaban J connectivity index is 1.78. The third-order valence-electron chi connectivity index (χ3n) is 2.68. The van der Waals surface area contributed by atoms with Crippen LogP contribution in [0, 0.1) is 0 Å². The molecule has 1 aromatic rings. The van der Waals surface area contributed by atoms with E-state index in [0.29, 0.717) is 29.2 Å². The summed E-state index contributed by atoms with van der Waals surface area (Å²) in [5, 5.41) is 9.25. The van der Waals surface area contributed by atoms with Crippen LogP contribution in [0.15, 0.2) is 12.1 Å². The van der Waals surface area contributed by atoms with Crippen LogP contribution in [0.4, 0.5) is 13.2 Å². The molecule has 0 aliphatic carbocycles. The molecule has 0 saturated heterocycles. The van der Waals surface area contributed by atoms with Crippen LogP contribution in [-0.2, 0) is 11.3 Å². The molecule has 0 atom stereocenters. The smallest absolute Gasteiger partial charge is 0.411 e. The molecule has 0 unspecified atom stereocenters. The summed E-state index contributed by atoms with van der Waals surface area (Å²) in [6.45, 7) is -1.28. The highest BCUT2D eigenvalue weighted by molar-refractivity contribution is 5.51. The molecule has 1 aliphatic heterocycles. The maximum atomic E-state index is 11.8. The number of alkyl halides is 3. The lowest BCUT2D eigenvalue weighted by Crippen LogP contribution is -2.18. The zero-order valence-corrected chi connectivity index (χ0v) is 11.1. The molecule has 0 fully saturated rings. The van der Waals surface area contributed by atoms with Gasteiger partial charge in [-0.15, -0.1) is 0 Å². The lowest BCUT2D eigenvalue weighted by molar-refractivity contribution is -0.174. The molecule has 1 aliphatic rings. The number of aliphatic hydroxyl groups is 1. The minimum Gasteiger partial charge on any atom is -0.493 e. The first-order chi connectivity index (χ1) is 9.99. The van der Waals surface area contributed by atoms with Crippen molar-refractivity contribution in [2.45, 2.75) is 19.2 Å². The molecule has 0 bridgehead atoms. The molecule has 0 saturated carbocycles. The summed E-state index contributed by atoms with van der Waals surface area (Å²) >= 11 is 0. The van der Waals surface area contributed by atoms with Gasteiger partial charge in [0.2, 0.25) is 6.79 Å². The fraction of sp³-hybridized carbons (Fsp3) is 0.538. The molecule has 5 nitrogen and oxygen atoms in total. The fourth-order valence-corrected chi connectivity index (χ4v) is 1.75. The molecule has 21 heavy (non-hydrogen) atoms. The molecule has 0 aromatic heterocycles. The largest absolute Gasteiger partial charge is 0.493 e. The minimum absolute atomic E-state index is 0.0570. The summed E-state index contributed by atoms with van der Waals surface area (Å²) in [5.41, 5.74) is 0.524. The van der Waals surface area contributed by atoms with E-state index in [2.05, 4.69) is 4.74 Å². The van der Waals surface area contributed by atoms with Crippen LogP contribution in [0.3, 0.4) is 0 Å². The highest BCUT2D eigenvalue weighted by atomic mass is 19.4. The first kappa shape index (κ1) is 15.7. The lowest BCUT2D eigenvalue weighted by Gasteiger charge is -2.12. The topological polar surface area (TPSA) is 57.2 Å². The summed E-state index contributed by atoms with van der Waals surface area (Å²) in [6, 6.07) is 3.20. The molecule has 0 amide bonds. The van der Waals surface area contributed by atoms with E-state index in [-0.39, 0.29) is 26.6 Å². The molecule has 0 spiro atoms. The first-order valence-corrected chi connectivity index (χ1v) is 6.30. The number of hydrogen-bond acceptors (Lipinski definition) is 5. The molecule has 1 aromatic carbocycles. The van der Waals surface area contributed by atoms with Gasteiger partial charge in [-0.25, -0.2) is 0 Å². The highest BCUT2D eigenvalue weighted by Gasteiger charge is 2.27. The molecular weight excluding hydrogens is 293 g/mol. The number of rotatable bonds is 7. The second kappa shape index (κ2) is 6.86. The van der Waals surface area contributed by atoms with E-state index in [9.17, 15) is 18.3 Å². The number of fused-ring (bicyclic) bond motifs is 1. The van der Waals surface area contributed by atoms with Gasteiger partial charge in [0.15, 0.2) is 11.5 Å². The number of halogens is 3. The summed E-state index contributed by atoms with van der Waals surface area (Å²) in [7, 11) is 0. The number of ether oxygens (including phenoxy) is 4. The number of hydrogen-bond donors (Lipinski definition) is 1. The number of benzene rings is 1. The number of aliphatic hydroxyl groups excluding tert-OH is 1. The Morgan fingerprint density at radius 3 is 2.52 bits per heavy atom. The van der Waals surface area contributed by atoms with Gasteiger partial charge in [0.05, 0.1) is 19.8 Å². The van der Waals surface area contributed by atoms with Gasteiger partial charge < -0.3 is 24.1 Å². The average Bonchev–Trinajstić information content (AvgIpc) is 2.87. The summed E-state index contributed by atoms with van der Waals surface area (Å²) in [5.74, 6) is 1.45. The van der Waals surface area contributed by atoms with Gasteiger partial charge in [-0.05, 0) is 6.07 Å². The van der Waals surface area contributed by atoms with Crippen molar-refractivity contribution in [2.75, 3.05) is 26.6 Å². The van der Waals surface area contributed by atoms with Gasteiger partial charge in [0.25, 0.3) is 0 Å². The standard InChI is InChI=1S/C13H15F3O5/c14-13(15,16)7-18-2-1-3-19-10-5-12-11(20-8-21-12)4-9(10)6-17/h4-5,17H,1-3,6-8H2. The Morgan fingerprint density at radius 1 is 1.14 bits per heavy atom. The van der Waals surface area contributed by atoms with E-state index in [4.69, 9.17) is 14.2 Å². The molecule has 0 radical (unpaired) electrons. The van der Waals surface area contributed by atoms with Crippen molar-refractivity contribution in [2.24, 2.45) is 0 Å². The van der Waals surface area contributed by atoms with Crippen LogP contribution in [0.5, 0.6) is 17.2 Å². The van der Waals surface area contributed by atoms with Crippen LogP contribution >= 0.6 is 0 Å². The third kappa shape index (κ3) is 4.68. The van der Waals surface area contributed by atoms with Crippen LogP contribution in [-0.4, -0.2) is 37.9 Å².